The lowest BCUT2D eigenvalue weighted by Gasteiger charge is -2.09. The monoisotopic (exact) mass is 260 g/mol. The van der Waals surface area contributed by atoms with Crippen molar-refractivity contribution in [1.29, 1.82) is 0 Å². The summed E-state index contributed by atoms with van der Waals surface area (Å²) in [6.07, 6.45) is 2.05. The maximum Gasteiger partial charge on any atom is 0.123 e. The van der Waals surface area contributed by atoms with E-state index in [1.54, 1.807) is 0 Å². The fraction of sp³-hybridized carbons (Fsp3) is 0.250. The van der Waals surface area contributed by atoms with Crippen molar-refractivity contribution in [3.8, 4) is 5.75 Å². The highest BCUT2D eigenvalue weighted by atomic mass is 35.5. The van der Waals surface area contributed by atoms with Gasteiger partial charge in [0, 0.05) is 5.02 Å². The topological polar surface area (TPSA) is 9.23 Å². The minimum absolute atomic E-state index is 0.718. The zero-order valence-electron chi connectivity index (χ0n) is 10.5. The third-order valence-electron chi connectivity index (χ3n) is 2.86. The molecule has 2 aromatic carbocycles. The molecule has 0 spiro atoms. The summed E-state index contributed by atoms with van der Waals surface area (Å²) in [7, 11) is 0. The second kappa shape index (κ2) is 6.46. The van der Waals surface area contributed by atoms with Gasteiger partial charge in [0.1, 0.15) is 5.75 Å². The van der Waals surface area contributed by atoms with E-state index in [0.717, 1.165) is 35.8 Å². The van der Waals surface area contributed by atoms with Gasteiger partial charge < -0.3 is 4.74 Å². The molecule has 2 rings (SSSR count). The molecule has 0 heterocycles. The van der Waals surface area contributed by atoms with E-state index in [4.69, 9.17) is 16.3 Å². The first kappa shape index (κ1) is 13.0. The van der Waals surface area contributed by atoms with Crippen molar-refractivity contribution in [2.75, 3.05) is 6.61 Å². The molecule has 18 heavy (non-hydrogen) atoms. The van der Waals surface area contributed by atoms with E-state index in [2.05, 4.69) is 24.3 Å². The van der Waals surface area contributed by atoms with Crippen LogP contribution in [-0.4, -0.2) is 6.61 Å². The maximum absolute atomic E-state index is 5.95. The van der Waals surface area contributed by atoms with Crippen molar-refractivity contribution in [3.05, 3.63) is 64.7 Å². The van der Waals surface area contributed by atoms with Crippen LogP contribution in [0.4, 0.5) is 0 Å². The molecular formula is C16H17ClO. The van der Waals surface area contributed by atoms with Crippen LogP contribution in [0.5, 0.6) is 5.75 Å². The van der Waals surface area contributed by atoms with Gasteiger partial charge in [-0.15, -0.1) is 0 Å². The predicted octanol–water partition coefficient (Wildman–Crippen LogP) is 4.66. The molecule has 94 valence electrons. The smallest absolute Gasteiger partial charge is 0.123 e. The van der Waals surface area contributed by atoms with E-state index in [9.17, 15) is 0 Å². The van der Waals surface area contributed by atoms with Gasteiger partial charge in [-0.05, 0) is 43.0 Å². The van der Waals surface area contributed by atoms with Gasteiger partial charge in [-0.1, -0.05) is 48.0 Å². The van der Waals surface area contributed by atoms with Gasteiger partial charge in [0.15, 0.2) is 0 Å². The average Bonchev–Trinajstić information content (AvgIpc) is 2.40. The molecule has 0 aliphatic heterocycles. The first-order valence-corrected chi connectivity index (χ1v) is 6.56. The zero-order valence-corrected chi connectivity index (χ0v) is 11.3. The Labute approximate surface area is 113 Å². The molecular weight excluding hydrogens is 244 g/mol. The van der Waals surface area contributed by atoms with E-state index in [-0.39, 0.29) is 0 Å². The summed E-state index contributed by atoms with van der Waals surface area (Å²) < 4.78 is 5.75. The molecule has 1 nitrogen and oxygen atoms in total. The van der Waals surface area contributed by atoms with Gasteiger partial charge in [0.05, 0.1) is 6.61 Å². The molecule has 0 saturated heterocycles. The largest absolute Gasteiger partial charge is 0.493 e. The van der Waals surface area contributed by atoms with Crippen LogP contribution in [0.15, 0.2) is 48.5 Å². The van der Waals surface area contributed by atoms with E-state index in [1.807, 2.05) is 31.2 Å². The summed E-state index contributed by atoms with van der Waals surface area (Å²) in [5, 5.41) is 0.721. The van der Waals surface area contributed by atoms with Crippen LogP contribution in [0.2, 0.25) is 5.02 Å². The summed E-state index contributed by atoms with van der Waals surface area (Å²) in [4.78, 5) is 0. The van der Waals surface area contributed by atoms with Crippen LogP contribution in [-0.2, 0) is 6.42 Å². The van der Waals surface area contributed by atoms with E-state index in [1.165, 1.54) is 5.56 Å². The second-order valence-corrected chi connectivity index (χ2v) is 4.78. The summed E-state index contributed by atoms with van der Waals surface area (Å²) in [6.45, 7) is 2.75. The molecule has 0 N–H and O–H groups in total. The highest BCUT2D eigenvalue weighted by molar-refractivity contribution is 6.30. The van der Waals surface area contributed by atoms with E-state index >= 15 is 0 Å². The minimum atomic E-state index is 0.718. The zero-order chi connectivity index (χ0) is 12.8. The normalized spacial score (nSPS) is 10.3. The molecule has 0 amide bonds. The van der Waals surface area contributed by atoms with Crippen LogP contribution in [0.25, 0.3) is 0 Å². The molecule has 0 radical (unpaired) electrons. The summed E-state index contributed by atoms with van der Waals surface area (Å²) >= 11 is 5.95. The quantitative estimate of drug-likeness (QED) is 0.711. The highest BCUT2D eigenvalue weighted by Gasteiger charge is 2.00. The van der Waals surface area contributed by atoms with Crippen LogP contribution in [0.1, 0.15) is 17.5 Å². The van der Waals surface area contributed by atoms with Gasteiger partial charge in [0.25, 0.3) is 0 Å². The van der Waals surface area contributed by atoms with Crippen LogP contribution in [0.3, 0.4) is 0 Å². The van der Waals surface area contributed by atoms with E-state index in [0.29, 0.717) is 0 Å². The Morgan fingerprint density at radius 1 is 1.06 bits per heavy atom. The Morgan fingerprint density at radius 2 is 1.83 bits per heavy atom. The van der Waals surface area contributed by atoms with Crippen molar-refractivity contribution < 1.29 is 4.74 Å². The van der Waals surface area contributed by atoms with Crippen molar-refractivity contribution in [2.24, 2.45) is 0 Å². The van der Waals surface area contributed by atoms with Gasteiger partial charge in [-0.2, -0.15) is 0 Å². The second-order valence-electron chi connectivity index (χ2n) is 4.35. The number of ether oxygens (including phenoxy) is 1. The summed E-state index contributed by atoms with van der Waals surface area (Å²) in [5.41, 5.74) is 2.48. The third kappa shape index (κ3) is 3.78. The molecule has 0 fully saturated rings. The Morgan fingerprint density at radius 3 is 2.61 bits per heavy atom. The standard InChI is InChI=1S/C16H17ClO/c1-13-9-10-15(17)12-16(13)18-11-5-8-14-6-3-2-4-7-14/h2-4,6-7,9-10,12H,5,8,11H2,1H3. The SMILES string of the molecule is Cc1ccc(Cl)cc1OCCCc1ccccc1. The number of aryl methyl sites for hydroxylation is 2. The fourth-order valence-corrected chi connectivity index (χ4v) is 1.99. The minimum Gasteiger partial charge on any atom is -0.493 e. The molecule has 2 heteroatoms. The third-order valence-corrected chi connectivity index (χ3v) is 3.10. The van der Waals surface area contributed by atoms with Crippen molar-refractivity contribution in [2.45, 2.75) is 19.8 Å². The number of halogens is 1. The van der Waals surface area contributed by atoms with Crippen LogP contribution < -0.4 is 4.74 Å². The molecule has 0 atom stereocenters. The number of benzene rings is 2. The van der Waals surface area contributed by atoms with Crippen LogP contribution in [0, 0.1) is 6.92 Å². The highest BCUT2D eigenvalue weighted by Crippen LogP contribution is 2.22. The number of hydrogen-bond acceptors (Lipinski definition) is 1. The lowest BCUT2D eigenvalue weighted by Crippen LogP contribution is -2.00. The van der Waals surface area contributed by atoms with Crippen molar-refractivity contribution >= 4 is 11.6 Å². The van der Waals surface area contributed by atoms with Gasteiger partial charge in [0.2, 0.25) is 0 Å². The van der Waals surface area contributed by atoms with Crippen LogP contribution >= 0.6 is 11.6 Å². The average molecular weight is 261 g/mol. The van der Waals surface area contributed by atoms with Gasteiger partial charge >= 0.3 is 0 Å². The summed E-state index contributed by atoms with van der Waals surface area (Å²) in [5.74, 6) is 0.885. The van der Waals surface area contributed by atoms with Gasteiger partial charge in [-0.25, -0.2) is 0 Å². The number of rotatable bonds is 5. The Kier molecular flexibility index (Phi) is 4.66. The first-order valence-electron chi connectivity index (χ1n) is 6.18. The van der Waals surface area contributed by atoms with E-state index < -0.39 is 0 Å². The Hall–Kier alpha value is -1.47. The molecule has 0 aliphatic carbocycles. The van der Waals surface area contributed by atoms with Crippen molar-refractivity contribution in [1.82, 2.24) is 0 Å². The lowest BCUT2D eigenvalue weighted by atomic mass is 10.1. The lowest BCUT2D eigenvalue weighted by molar-refractivity contribution is 0.309. The molecule has 0 unspecified atom stereocenters. The maximum atomic E-state index is 5.95. The Bertz CT molecular complexity index is 494. The fourth-order valence-electron chi connectivity index (χ4n) is 1.83. The number of hydrogen-bond donors (Lipinski definition) is 0. The first-order chi connectivity index (χ1) is 8.75. The molecule has 0 aromatic heterocycles. The predicted molar refractivity (Wildman–Crippen MR) is 76.4 cm³/mol. The van der Waals surface area contributed by atoms with Crippen molar-refractivity contribution in [3.63, 3.8) is 0 Å². The van der Waals surface area contributed by atoms with Gasteiger partial charge in [-0.3, -0.25) is 0 Å². The molecule has 2 aromatic rings. The Balaban J connectivity index is 1.80. The molecule has 0 bridgehead atoms. The molecule has 0 saturated carbocycles. The molecule has 0 aliphatic rings. The summed E-state index contributed by atoms with van der Waals surface area (Å²) in [6, 6.07) is 16.2.